The molecule has 0 aliphatic rings. The highest BCUT2D eigenvalue weighted by molar-refractivity contribution is 5.90. The van der Waals surface area contributed by atoms with Crippen LogP contribution < -0.4 is 5.32 Å². The first kappa shape index (κ1) is 15.2. The molecule has 3 heteroatoms. The highest BCUT2D eigenvalue weighted by Crippen LogP contribution is 2.21. The van der Waals surface area contributed by atoms with Crippen molar-refractivity contribution in [2.75, 3.05) is 5.32 Å². The standard InChI is InChI=1S/C22H19N3/c1-2-8-17(9-3-1)16-23-20-12-6-4-10-18(20)14-15-22-19-11-5-7-13-21(19)24-25-22/h1-15,23H,16H2,(H,24,25)/b15-14+. The van der Waals surface area contributed by atoms with Crippen molar-refractivity contribution in [2.24, 2.45) is 0 Å². The first-order valence-corrected chi connectivity index (χ1v) is 8.38. The van der Waals surface area contributed by atoms with Crippen LogP contribution in [0.25, 0.3) is 23.1 Å². The number of fused-ring (bicyclic) bond motifs is 1. The molecule has 2 N–H and O–H groups in total. The van der Waals surface area contributed by atoms with Crippen molar-refractivity contribution in [3.8, 4) is 0 Å². The Morgan fingerprint density at radius 1 is 0.800 bits per heavy atom. The average Bonchev–Trinajstić information content (AvgIpc) is 3.09. The molecule has 25 heavy (non-hydrogen) atoms. The maximum atomic E-state index is 4.40. The van der Waals surface area contributed by atoms with Gasteiger partial charge in [0.1, 0.15) is 0 Å². The fraction of sp³-hybridized carbons (Fsp3) is 0.0455. The number of nitrogens with zero attached hydrogens (tertiary/aromatic N) is 1. The van der Waals surface area contributed by atoms with E-state index in [0.717, 1.165) is 34.4 Å². The van der Waals surface area contributed by atoms with Gasteiger partial charge < -0.3 is 5.32 Å². The summed E-state index contributed by atoms with van der Waals surface area (Å²) in [6.45, 7) is 0.803. The van der Waals surface area contributed by atoms with E-state index in [9.17, 15) is 0 Å². The zero-order chi connectivity index (χ0) is 16.9. The zero-order valence-corrected chi connectivity index (χ0v) is 13.8. The zero-order valence-electron chi connectivity index (χ0n) is 13.8. The van der Waals surface area contributed by atoms with E-state index in [-0.39, 0.29) is 0 Å². The molecule has 1 aromatic heterocycles. The van der Waals surface area contributed by atoms with Crippen LogP contribution in [-0.4, -0.2) is 10.2 Å². The second-order valence-corrected chi connectivity index (χ2v) is 5.91. The maximum absolute atomic E-state index is 4.40. The Kier molecular flexibility index (Phi) is 4.29. The third kappa shape index (κ3) is 3.45. The molecule has 3 nitrogen and oxygen atoms in total. The van der Waals surface area contributed by atoms with E-state index >= 15 is 0 Å². The van der Waals surface area contributed by atoms with Crippen molar-refractivity contribution < 1.29 is 0 Å². The Bertz CT molecular complexity index is 1000. The summed E-state index contributed by atoms with van der Waals surface area (Å²) < 4.78 is 0. The summed E-state index contributed by atoms with van der Waals surface area (Å²) >= 11 is 0. The number of nitrogens with one attached hydrogen (secondary N) is 2. The Labute approximate surface area is 147 Å². The fourth-order valence-electron chi connectivity index (χ4n) is 2.88. The van der Waals surface area contributed by atoms with Gasteiger partial charge >= 0.3 is 0 Å². The van der Waals surface area contributed by atoms with Gasteiger partial charge in [-0.25, -0.2) is 0 Å². The minimum atomic E-state index is 0.803. The van der Waals surface area contributed by atoms with E-state index in [4.69, 9.17) is 0 Å². The molecule has 0 saturated heterocycles. The number of anilines is 1. The Balaban J connectivity index is 1.56. The second kappa shape index (κ2) is 7.05. The van der Waals surface area contributed by atoms with Crippen LogP contribution in [0.15, 0.2) is 78.9 Å². The summed E-state index contributed by atoms with van der Waals surface area (Å²) in [5.41, 5.74) is 5.53. The fourth-order valence-corrected chi connectivity index (χ4v) is 2.88. The van der Waals surface area contributed by atoms with Gasteiger partial charge in [-0.1, -0.05) is 72.8 Å². The number of hydrogen-bond donors (Lipinski definition) is 2. The highest BCUT2D eigenvalue weighted by atomic mass is 15.1. The third-order valence-corrected chi connectivity index (χ3v) is 4.21. The molecular formula is C22H19N3. The first-order valence-electron chi connectivity index (χ1n) is 8.38. The van der Waals surface area contributed by atoms with E-state index in [2.05, 4.69) is 82.3 Å². The van der Waals surface area contributed by atoms with Crippen LogP contribution >= 0.6 is 0 Å². The topological polar surface area (TPSA) is 40.7 Å². The van der Waals surface area contributed by atoms with Gasteiger partial charge in [0.25, 0.3) is 0 Å². The van der Waals surface area contributed by atoms with Crippen LogP contribution in [0.4, 0.5) is 5.69 Å². The molecule has 0 amide bonds. The van der Waals surface area contributed by atoms with Crippen LogP contribution in [0.1, 0.15) is 16.8 Å². The Morgan fingerprint density at radius 3 is 2.48 bits per heavy atom. The first-order chi connectivity index (χ1) is 12.4. The molecule has 0 unspecified atom stereocenters. The number of benzene rings is 3. The van der Waals surface area contributed by atoms with Gasteiger partial charge in [0.15, 0.2) is 0 Å². The SMILES string of the molecule is C(=C\c1n[nH]c2ccccc12)/c1ccccc1NCc1ccccc1. The monoisotopic (exact) mass is 325 g/mol. The van der Waals surface area contributed by atoms with Crippen LogP contribution in [0.2, 0.25) is 0 Å². The van der Waals surface area contributed by atoms with Crippen molar-refractivity contribution in [3.05, 3.63) is 95.7 Å². The van der Waals surface area contributed by atoms with Crippen molar-refractivity contribution in [2.45, 2.75) is 6.54 Å². The Hall–Kier alpha value is -3.33. The van der Waals surface area contributed by atoms with Gasteiger partial charge in [0, 0.05) is 17.6 Å². The number of aromatic amines is 1. The van der Waals surface area contributed by atoms with Crippen LogP contribution in [0.3, 0.4) is 0 Å². The summed E-state index contributed by atoms with van der Waals surface area (Å²) in [6, 6.07) is 26.9. The molecule has 0 aliphatic heterocycles. The molecule has 0 atom stereocenters. The summed E-state index contributed by atoms with van der Waals surface area (Å²) in [5, 5.41) is 12.1. The van der Waals surface area contributed by atoms with E-state index in [1.807, 2.05) is 24.3 Å². The molecule has 3 aromatic carbocycles. The van der Waals surface area contributed by atoms with E-state index in [0.29, 0.717) is 0 Å². The van der Waals surface area contributed by atoms with Crippen molar-refractivity contribution in [1.82, 2.24) is 10.2 Å². The van der Waals surface area contributed by atoms with Crippen LogP contribution in [0.5, 0.6) is 0 Å². The molecule has 122 valence electrons. The predicted molar refractivity (Wildman–Crippen MR) is 105 cm³/mol. The predicted octanol–water partition coefficient (Wildman–Crippen LogP) is 5.35. The number of aromatic nitrogens is 2. The summed E-state index contributed by atoms with van der Waals surface area (Å²) in [5.74, 6) is 0. The smallest absolute Gasteiger partial charge is 0.0927 e. The lowest BCUT2D eigenvalue weighted by atomic mass is 10.1. The molecule has 0 aliphatic carbocycles. The minimum absolute atomic E-state index is 0.803. The van der Waals surface area contributed by atoms with Crippen molar-refractivity contribution in [3.63, 3.8) is 0 Å². The highest BCUT2D eigenvalue weighted by Gasteiger charge is 2.02. The second-order valence-electron chi connectivity index (χ2n) is 5.91. The average molecular weight is 325 g/mol. The third-order valence-electron chi connectivity index (χ3n) is 4.21. The Morgan fingerprint density at radius 2 is 1.56 bits per heavy atom. The van der Waals surface area contributed by atoms with Crippen LogP contribution in [-0.2, 0) is 6.54 Å². The minimum Gasteiger partial charge on any atom is -0.380 e. The van der Waals surface area contributed by atoms with Gasteiger partial charge in [0.05, 0.1) is 11.2 Å². The molecular weight excluding hydrogens is 306 g/mol. The van der Waals surface area contributed by atoms with Gasteiger partial charge in [-0.2, -0.15) is 5.10 Å². The molecule has 0 radical (unpaired) electrons. The van der Waals surface area contributed by atoms with E-state index < -0.39 is 0 Å². The molecule has 0 spiro atoms. The quantitative estimate of drug-likeness (QED) is 0.519. The van der Waals surface area contributed by atoms with E-state index in [1.165, 1.54) is 5.56 Å². The molecule has 4 aromatic rings. The van der Waals surface area contributed by atoms with Gasteiger partial charge in [-0.15, -0.1) is 0 Å². The number of rotatable bonds is 5. The summed E-state index contributed by atoms with van der Waals surface area (Å²) in [6.07, 6.45) is 4.16. The lowest BCUT2D eigenvalue weighted by Gasteiger charge is -2.09. The largest absolute Gasteiger partial charge is 0.380 e. The summed E-state index contributed by atoms with van der Waals surface area (Å²) in [4.78, 5) is 0. The lowest BCUT2D eigenvalue weighted by molar-refractivity contribution is 1.11. The molecule has 1 heterocycles. The summed E-state index contributed by atoms with van der Waals surface area (Å²) in [7, 11) is 0. The lowest BCUT2D eigenvalue weighted by Crippen LogP contribution is -2.00. The normalized spacial score (nSPS) is 11.2. The molecule has 0 saturated carbocycles. The molecule has 4 rings (SSSR count). The molecule has 0 bridgehead atoms. The van der Waals surface area contributed by atoms with Crippen molar-refractivity contribution in [1.29, 1.82) is 0 Å². The van der Waals surface area contributed by atoms with Gasteiger partial charge in [0.2, 0.25) is 0 Å². The number of para-hydroxylation sites is 2. The van der Waals surface area contributed by atoms with Gasteiger partial charge in [-0.05, 0) is 29.3 Å². The molecule has 0 fully saturated rings. The van der Waals surface area contributed by atoms with Gasteiger partial charge in [-0.3, -0.25) is 5.10 Å². The maximum Gasteiger partial charge on any atom is 0.0927 e. The number of hydrogen-bond acceptors (Lipinski definition) is 2. The van der Waals surface area contributed by atoms with Crippen molar-refractivity contribution >= 4 is 28.7 Å². The van der Waals surface area contributed by atoms with Crippen LogP contribution in [0, 0.1) is 0 Å². The number of H-pyrrole nitrogens is 1. The van der Waals surface area contributed by atoms with E-state index in [1.54, 1.807) is 0 Å².